The summed E-state index contributed by atoms with van der Waals surface area (Å²) >= 11 is 0. The van der Waals surface area contributed by atoms with Crippen LogP contribution in [0.3, 0.4) is 0 Å². The predicted molar refractivity (Wildman–Crippen MR) is 239 cm³/mol. The minimum absolute atomic E-state index is 0.561. The molecule has 0 aliphatic rings. The first kappa shape index (κ1) is 37.0. The lowest BCUT2D eigenvalue weighted by atomic mass is 10.00. The van der Waals surface area contributed by atoms with Gasteiger partial charge in [-0.1, -0.05) is 197 Å². The summed E-state index contributed by atoms with van der Waals surface area (Å²) in [4.78, 5) is 29.7. The van der Waals surface area contributed by atoms with Gasteiger partial charge in [-0.15, -0.1) is 0 Å². The van der Waals surface area contributed by atoms with Crippen LogP contribution in [0.1, 0.15) is 26.7 Å². The highest BCUT2D eigenvalue weighted by atomic mass is 16.3. The molecule has 0 saturated heterocycles. The number of para-hydroxylation sites is 2. The average molecular weight is 765 g/mol. The van der Waals surface area contributed by atoms with E-state index in [9.17, 15) is 0 Å². The van der Waals surface area contributed by atoms with Gasteiger partial charge in [0.2, 0.25) is 0 Å². The maximum absolute atomic E-state index is 6.38. The number of furan rings is 1. The van der Waals surface area contributed by atoms with E-state index in [0.29, 0.717) is 34.9 Å². The third kappa shape index (κ3) is 7.87. The maximum Gasteiger partial charge on any atom is 0.164 e. The maximum atomic E-state index is 6.38. The molecule has 7 aromatic carbocycles. The van der Waals surface area contributed by atoms with Crippen LogP contribution in [0, 0.1) is 0 Å². The van der Waals surface area contributed by atoms with Crippen molar-refractivity contribution in [1.29, 1.82) is 0 Å². The number of hydrogen-bond donors (Lipinski definition) is 0. The molecule has 3 heterocycles. The number of benzene rings is 7. The van der Waals surface area contributed by atoms with Crippen LogP contribution < -0.4 is 0 Å². The van der Waals surface area contributed by atoms with Crippen molar-refractivity contribution in [3.63, 3.8) is 0 Å². The van der Waals surface area contributed by atoms with Crippen molar-refractivity contribution in [2.24, 2.45) is 0 Å². The Kier molecular flexibility index (Phi) is 10.6. The SMILES string of the molecule is CCCC.c1ccc(-c2nc(-c3ccccc3)nc(-c3ccc(-c4nc(-c5ccccc5)nc(-c5cccc(-c6cccc7c6oc6ccccc67)c5)n4)cc3)n2)cc1. The largest absolute Gasteiger partial charge is 0.455 e. The highest BCUT2D eigenvalue weighted by molar-refractivity contribution is 6.09. The Bertz CT molecular complexity index is 2940. The second-order valence-electron chi connectivity index (χ2n) is 14.1. The molecular formula is C52H40N6O. The number of nitrogens with zero attached hydrogens (tertiary/aromatic N) is 6. The van der Waals surface area contributed by atoms with Crippen LogP contribution in [0.2, 0.25) is 0 Å². The van der Waals surface area contributed by atoms with E-state index in [1.807, 2.05) is 146 Å². The third-order valence-corrected chi connectivity index (χ3v) is 10.1. The molecule has 0 unspecified atom stereocenters. The Hall–Kier alpha value is -7.64. The first-order chi connectivity index (χ1) is 29.1. The normalized spacial score (nSPS) is 11.0. The molecule has 7 nitrogen and oxygen atoms in total. The average Bonchev–Trinajstić information content (AvgIpc) is 3.71. The summed E-state index contributed by atoms with van der Waals surface area (Å²) in [5.41, 5.74) is 9.05. The Morgan fingerprint density at radius 3 is 1.15 bits per heavy atom. The van der Waals surface area contributed by atoms with Crippen LogP contribution in [-0.4, -0.2) is 29.9 Å². The quantitative estimate of drug-likeness (QED) is 0.152. The Morgan fingerprint density at radius 2 is 0.678 bits per heavy atom. The molecule has 0 bridgehead atoms. The molecule has 0 fully saturated rings. The van der Waals surface area contributed by atoms with Gasteiger partial charge in [-0.05, 0) is 17.7 Å². The highest BCUT2D eigenvalue weighted by Crippen LogP contribution is 2.37. The molecule has 3 aromatic heterocycles. The molecule has 0 amide bonds. The summed E-state index contributed by atoms with van der Waals surface area (Å²) < 4.78 is 6.38. The lowest BCUT2D eigenvalue weighted by Crippen LogP contribution is -2.01. The number of hydrogen-bond acceptors (Lipinski definition) is 7. The number of fused-ring (bicyclic) bond motifs is 3. The van der Waals surface area contributed by atoms with Gasteiger partial charge in [0.05, 0.1) is 0 Å². The van der Waals surface area contributed by atoms with Crippen LogP contribution in [0.25, 0.3) is 101 Å². The molecule has 0 radical (unpaired) electrons. The van der Waals surface area contributed by atoms with Crippen molar-refractivity contribution in [2.75, 3.05) is 0 Å². The second-order valence-corrected chi connectivity index (χ2v) is 14.1. The minimum atomic E-state index is 0.561. The van der Waals surface area contributed by atoms with E-state index < -0.39 is 0 Å². The molecule has 0 saturated carbocycles. The van der Waals surface area contributed by atoms with Gasteiger partial charge in [0, 0.05) is 49.7 Å². The second kappa shape index (κ2) is 16.8. The number of rotatable bonds is 8. The third-order valence-electron chi connectivity index (χ3n) is 10.1. The van der Waals surface area contributed by atoms with Gasteiger partial charge in [-0.2, -0.15) is 0 Å². The summed E-state index contributed by atoms with van der Waals surface area (Å²) in [6.07, 6.45) is 2.64. The van der Waals surface area contributed by atoms with Crippen LogP contribution in [0.5, 0.6) is 0 Å². The summed E-state index contributed by atoms with van der Waals surface area (Å²) in [7, 11) is 0. The summed E-state index contributed by atoms with van der Waals surface area (Å²) in [6.45, 7) is 4.36. The zero-order valence-corrected chi connectivity index (χ0v) is 32.8. The fourth-order valence-corrected chi connectivity index (χ4v) is 6.86. The van der Waals surface area contributed by atoms with Crippen LogP contribution in [-0.2, 0) is 0 Å². The van der Waals surface area contributed by atoms with E-state index in [0.717, 1.165) is 66.4 Å². The van der Waals surface area contributed by atoms with Gasteiger partial charge in [-0.3, -0.25) is 0 Å². The molecule has 59 heavy (non-hydrogen) atoms. The van der Waals surface area contributed by atoms with Crippen molar-refractivity contribution in [3.8, 4) is 79.5 Å². The van der Waals surface area contributed by atoms with E-state index >= 15 is 0 Å². The number of aromatic nitrogens is 6. The van der Waals surface area contributed by atoms with Crippen molar-refractivity contribution in [1.82, 2.24) is 29.9 Å². The topological polar surface area (TPSA) is 90.5 Å². The number of unbranched alkanes of at least 4 members (excludes halogenated alkanes) is 1. The van der Waals surface area contributed by atoms with E-state index in [-0.39, 0.29) is 0 Å². The van der Waals surface area contributed by atoms with Crippen molar-refractivity contribution >= 4 is 21.9 Å². The van der Waals surface area contributed by atoms with Crippen LogP contribution in [0.4, 0.5) is 0 Å². The zero-order valence-electron chi connectivity index (χ0n) is 32.8. The standard InChI is InChI=1S/C48H30N6O.C4H10/c1-4-14-31(15-5-1)43-49-44(32-16-6-2-7-17-32)51-46(50-43)34-26-28-35(29-27-34)47-52-45(33-18-8-3-9-19-33)53-48(54-47)37-21-12-20-36(30-37)38-23-13-24-40-39-22-10-11-25-41(39)55-42(38)40;1-3-4-2/h1-30H;3-4H2,1-2H3. The molecule has 0 atom stereocenters. The van der Waals surface area contributed by atoms with Crippen LogP contribution in [0.15, 0.2) is 186 Å². The molecule has 10 rings (SSSR count). The van der Waals surface area contributed by atoms with Gasteiger partial charge in [-0.25, -0.2) is 29.9 Å². The first-order valence-corrected chi connectivity index (χ1v) is 20.0. The van der Waals surface area contributed by atoms with E-state index in [4.69, 9.17) is 34.3 Å². The molecule has 0 aliphatic heterocycles. The van der Waals surface area contributed by atoms with Crippen LogP contribution >= 0.6 is 0 Å². The van der Waals surface area contributed by atoms with Gasteiger partial charge >= 0.3 is 0 Å². The highest BCUT2D eigenvalue weighted by Gasteiger charge is 2.17. The molecule has 7 heteroatoms. The van der Waals surface area contributed by atoms with Gasteiger partial charge in [0.1, 0.15) is 11.2 Å². The minimum Gasteiger partial charge on any atom is -0.455 e. The fraction of sp³-hybridized carbons (Fsp3) is 0.0769. The van der Waals surface area contributed by atoms with Gasteiger partial charge in [0.15, 0.2) is 34.9 Å². The lowest BCUT2D eigenvalue weighted by Gasteiger charge is -2.11. The molecular weight excluding hydrogens is 725 g/mol. The Balaban J connectivity index is 0.00000108. The summed E-state index contributed by atoms with van der Waals surface area (Å²) in [6, 6.07) is 60.7. The van der Waals surface area contributed by atoms with Gasteiger partial charge in [0.25, 0.3) is 0 Å². The molecule has 0 aliphatic carbocycles. The summed E-state index contributed by atoms with van der Waals surface area (Å²) in [5, 5.41) is 2.18. The van der Waals surface area contributed by atoms with Crippen molar-refractivity contribution in [3.05, 3.63) is 182 Å². The monoisotopic (exact) mass is 764 g/mol. The van der Waals surface area contributed by atoms with E-state index in [1.54, 1.807) is 0 Å². The molecule has 0 spiro atoms. The first-order valence-electron chi connectivity index (χ1n) is 20.0. The van der Waals surface area contributed by atoms with E-state index in [1.165, 1.54) is 12.8 Å². The molecule has 10 aromatic rings. The van der Waals surface area contributed by atoms with Gasteiger partial charge < -0.3 is 4.42 Å². The lowest BCUT2D eigenvalue weighted by molar-refractivity contribution is 0.670. The zero-order chi connectivity index (χ0) is 40.0. The molecule has 0 N–H and O–H groups in total. The predicted octanol–water partition coefficient (Wildman–Crippen LogP) is 13.4. The molecule has 284 valence electrons. The Labute approximate surface area is 343 Å². The van der Waals surface area contributed by atoms with Crippen molar-refractivity contribution in [2.45, 2.75) is 26.7 Å². The fourth-order valence-electron chi connectivity index (χ4n) is 6.86. The van der Waals surface area contributed by atoms with Crippen molar-refractivity contribution < 1.29 is 4.42 Å². The summed E-state index contributed by atoms with van der Waals surface area (Å²) in [5.74, 6) is 3.53. The van der Waals surface area contributed by atoms with E-state index in [2.05, 4.69) is 50.2 Å². The Morgan fingerprint density at radius 1 is 0.322 bits per heavy atom. The smallest absolute Gasteiger partial charge is 0.164 e.